The Bertz CT molecular complexity index is 1240. The third-order valence-corrected chi connectivity index (χ3v) is 5.43. The van der Waals surface area contributed by atoms with E-state index in [4.69, 9.17) is 0 Å². The summed E-state index contributed by atoms with van der Waals surface area (Å²) in [6, 6.07) is 16.8. The van der Waals surface area contributed by atoms with Gasteiger partial charge in [-0.15, -0.1) is 11.3 Å². The number of thiophene rings is 1. The molecule has 154 valence electrons. The van der Waals surface area contributed by atoms with Crippen molar-refractivity contribution in [2.75, 3.05) is 10.6 Å². The van der Waals surface area contributed by atoms with E-state index in [0.717, 1.165) is 0 Å². The minimum atomic E-state index is -0.324. The summed E-state index contributed by atoms with van der Waals surface area (Å²) in [5.74, 6) is -0.395. The van der Waals surface area contributed by atoms with Gasteiger partial charge in [0.15, 0.2) is 5.82 Å². The molecule has 0 bridgehead atoms. The Morgan fingerprint density at radius 1 is 0.871 bits per heavy atom. The van der Waals surface area contributed by atoms with Gasteiger partial charge in [-0.05, 0) is 53.9 Å². The molecule has 4 rings (SSSR count). The molecule has 0 fully saturated rings. The zero-order valence-electron chi connectivity index (χ0n) is 16.5. The molecule has 0 unspecified atom stereocenters. The predicted molar refractivity (Wildman–Crippen MR) is 120 cm³/mol. The summed E-state index contributed by atoms with van der Waals surface area (Å²) < 4.78 is 1.65. The van der Waals surface area contributed by atoms with Crippen molar-refractivity contribution in [2.24, 2.45) is 7.05 Å². The molecule has 0 radical (unpaired) electrons. The Balaban J connectivity index is 1.43. The van der Waals surface area contributed by atoms with Gasteiger partial charge in [-0.1, -0.05) is 12.1 Å². The highest BCUT2D eigenvalue weighted by molar-refractivity contribution is 7.12. The smallest absolute Gasteiger partial charge is 0.265 e. The fourth-order valence-corrected chi connectivity index (χ4v) is 3.58. The summed E-state index contributed by atoms with van der Waals surface area (Å²) >= 11 is 1.34. The van der Waals surface area contributed by atoms with Gasteiger partial charge in [0.05, 0.1) is 4.88 Å². The minimum Gasteiger partial charge on any atom is -0.331 e. The Hall–Kier alpha value is -4.04. The van der Waals surface area contributed by atoms with E-state index in [1.165, 1.54) is 11.3 Å². The molecule has 2 aromatic carbocycles. The van der Waals surface area contributed by atoms with Crippen molar-refractivity contribution >= 4 is 40.3 Å². The second-order valence-corrected chi connectivity index (χ2v) is 7.68. The van der Waals surface area contributed by atoms with Crippen LogP contribution in [0.5, 0.6) is 0 Å². The van der Waals surface area contributed by atoms with E-state index in [-0.39, 0.29) is 17.6 Å². The lowest BCUT2D eigenvalue weighted by Crippen LogP contribution is -2.14. The third kappa shape index (κ3) is 4.59. The predicted octanol–water partition coefficient (Wildman–Crippen LogP) is 4.22. The summed E-state index contributed by atoms with van der Waals surface area (Å²) in [7, 11) is 1.76. The summed E-state index contributed by atoms with van der Waals surface area (Å²) in [5, 5.41) is 7.41. The van der Waals surface area contributed by atoms with Crippen LogP contribution < -0.4 is 10.6 Å². The fourth-order valence-electron chi connectivity index (χ4n) is 2.96. The number of ketones is 1. The van der Waals surface area contributed by atoms with Crippen LogP contribution in [0.25, 0.3) is 0 Å². The van der Waals surface area contributed by atoms with Gasteiger partial charge in [0.2, 0.25) is 5.78 Å². The number of nitrogens with one attached hydrogen (secondary N) is 2. The second-order valence-electron chi connectivity index (χ2n) is 6.73. The molecule has 0 spiro atoms. The summed E-state index contributed by atoms with van der Waals surface area (Å²) in [5.41, 5.74) is 1.96. The van der Waals surface area contributed by atoms with Crippen molar-refractivity contribution in [1.82, 2.24) is 9.55 Å². The fraction of sp³-hybridized carbons (Fsp3) is 0.0435. The number of carbonyl (C=O) groups excluding carboxylic acids is 3. The van der Waals surface area contributed by atoms with Crippen LogP contribution >= 0.6 is 11.3 Å². The van der Waals surface area contributed by atoms with E-state index in [2.05, 4.69) is 15.6 Å². The normalized spacial score (nSPS) is 10.5. The quantitative estimate of drug-likeness (QED) is 0.448. The maximum atomic E-state index is 12.6. The SMILES string of the molecule is Cn1ccnc1C(=O)c1ccc(NC(=O)c2cccc(NC(=O)c3cccs3)c2)cc1. The van der Waals surface area contributed by atoms with Crippen LogP contribution in [0, 0.1) is 0 Å². The van der Waals surface area contributed by atoms with Gasteiger partial charge >= 0.3 is 0 Å². The van der Waals surface area contributed by atoms with E-state index in [9.17, 15) is 14.4 Å². The number of anilines is 2. The first-order chi connectivity index (χ1) is 15.0. The number of hydrogen-bond donors (Lipinski definition) is 2. The number of benzene rings is 2. The molecule has 0 atom stereocenters. The highest BCUT2D eigenvalue weighted by Gasteiger charge is 2.14. The molecule has 8 heteroatoms. The van der Waals surface area contributed by atoms with E-state index >= 15 is 0 Å². The van der Waals surface area contributed by atoms with Gasteiger partial charge in [0.1, 0.15) is 0 Å². The van der Waals surface area contributed by atoms with E-state index in [0.29, 0.717) is 33.2 Å². The van der Waals surface area contributed by atoms with Crippen LogP contribution in [0.4, 0.5) is 11.4 Å². The zero-order valence-corrected chi connectivity index (χ0v) is 17.3. The number of carbonyl (C=O) groups is 3. The standard InChI is InChI=1S/C23H18N4O3S/c1-27-12-11-24-21(27)20(28)15-7-9-17(10-8-15)25-22(29)16-4-2-5-18(14-16)26-23(30)19-6-3-13-31-19/h2-14H,1H3,(H,25,29)(H,26,30). The molecule has 0 saturated heterocycles. The van der Waals surface area contributed by atoms with Gasteiger partial charge in [0.25, 0.3) is 11.8 Å². The first kappa shape index (κ1) is 20.2. The largest absolute Gasteiger partial charge is 0.331 e. The maximum absolute atomic E-state index is 12.6. The van der Waals surface area contributed by atoms with Crippen LogP contribution in [-0.4, -0.2) is 27.1 Å². The van der Waals surface area contributed by atoms with E-state index in [1.54, 1.807) is 84.7 Å². The van der Waals surface area contributed by atoms with Crippen LogP contribution in [0.3, 0.4) is 0 Å². The molecule has 2 heterocycles. The van der Waals surface area contributed by atoms with Gasteiger partial charge in [-0.25, -0.2) is 4.98 Å². The van der Waals surface area contributed by atoms with Crippen LogP contribution in [0.1, 0.15) is 36.2 Å². The Labute approximate surface area is 182 Å². The number of nitrogens with zero attached hydrogens (tertiary/aromatic N) is 2. The number of hydrogen-bond acceptors (Lipinski definition) is 5. The molecule has 31 heavy (non-hydrogen) atoms. The van der Waals surface area contributed by atoms with Gasteiger partial charge < -0.3 is 15.2 Å². The molecule has 0 saturated carbocycles. The molecule has 4 aromatic rings. The maximum Gasteiger partial charge on any atom is 0.265 e. The Morgan fingerprint density at radius 3 is 2.32 bits per heavy atom. The lowest BCUT2D eigenvalue weighted by atomic mass is 10.1. The minimum absolute atomic E-state index is 0.195. The molecule has 2 aromatic heterocycles. The Kier molecular flexibility index (Phi) is 5.72. The van der Waals surface area contributed by atoms with Gasteiger partial charge in [-0.2, -0.15) is 0 Å². The monoisotopic (exact) mass is 430 g/mol. The second kappa shape index (κ2) is 8.76. The summed E-state index contributed by atoms with van der Waals surface area (Å²) in [6.07, 6.45) is 3.28. The van der Waals surface area contributed by atoms with E-state index < -0.39 is 0 Å². The highest BCUT2D eigenvalue weighted by Crippen LogP contribution is 2.17. The van der Waals surface area contributed by atoms with Crippen LogP contribution in [-0.2, 0) is 7.05 Å². The van der Waals surface area contributed by atoms with Crippen LogP contribution in [0.15, 0.2) is 78.4 Å². The molecular formula is C23H18N4O3S. The Morgan fingerprint density at radius 2 is 1.65 bits per heavy atom. The van der Waals surface area contributed by atoms with Crippen molar-refractivity contribution in [3.63, 3.8) is 0 Å². The molecular weight excluding hydrogens is 412 g/mol. The highest BCUT2D eigenvalue weighted by atomic mass is 32.1. The first-order valence-corrected chi connectivity index (χ1v) is 10.3. The van der Waals surface area contributed by atoms with Crippen molar-refractivity contribution in [1.29, 1.82) is 0 Å². The van der Waals surface area contributed by atoms with Crippen LogP contribution in [0.2, 0.25) is 0 Å². The third-order valence-electron chi connectivity index (χ3n) is 4.56. The average Bonchev–Trinajstić information content (AvgIpc) is 3.46. The number of aryl methyl sites for hydroxylation is 1. The number of rotatable bonds is 6. The number of imidazole rings is 1. The summed E-state index contributed by atoms with van der Waals surface area (Å²) in [4.78, 5) is 42.0. The lowest BCUT2D eigenvalue weighted by Gasteiger charge is -2.09. The number of amides is 2. The van der Waals surface area contributed by atoms with E-state index in [1.807, 2.05) is 5.38 Å². The zero-order chi connectivity index (χ0) is 21.8. The molecule has 2 N–H and O–H groups in total. The van der Waals surface area contributed by atoms with Crippen molar-refractivity contribution < 1.29 is 14.4 Å². The first-order valence-electron chi connectivity index (χ1n) is 9.39. The van der Waals surface area contributed by atoms with Crippen molar-refractivity contribution in [3.8, 4) is 0 Å². The molecule has 0 aliphatic carbocycles. The van der Waals surface area contributed by atoms with Gasteiger partial charge in [0, 0.05) is 41.9 Å². The van der Waals surface area contributed by atoms with Gasteiger partial charge in [-0.3, -0.25) is 14.4 Å². The van der Waals surface area contributed by atoms with Crippen molar-refractivity contribution in [3.05, 3.63) is 100 Å². The topological polar surface area (TPSA) is 93.1 Å². The molecule has 0 aliphatic rings. The molecule has 2 amide bonds. The molecule has 7 nitrogen and oxygen atoms in total. The average molecular weight is 430 g/mol. The molecule has 0 aliphatic heterocycles. The number of aromatic nitrogens is 2. The lowest BCUT2D eigenvalue weighted by molar-refractivity contribution is 0.101. The summed E-state index contributed by atoms with van der Waals surface area (Å²) in [6.45, 7) is 0. The van der Waals surface area contributed by atoms with Crippen molar-refractivity contribution in [2.45, 2.75) is 0 Å².